The number of hydrogen-bond acceptors (Lipinski definition) is 3. The normalized spacial score (nSPS) is 29.4. The molecule has 0 spiro atoms. The molecule has 1 rings (SSSR count). The Morgan fingerprint density at radius 1 is 1.53 bits per heavy atom. The molecule has 3 N–H and O–H groups in total. The molecule has 0 saturated heterocycles. The summed E-state index contributed by atoms with van der Waals surface area (Å²) in [6.07, 6.45) is 4.59. The zero-order valence-corrected chi connectivity index (χ0v) is 11.3. The van der Waals surface area contributed by atoms with E-state index in [4.69, 9.17) is 10.5 Å². The van der Waals surface area contributed by atoms with Gasteiger partial charge in [-0.3, -0.25) is 4.79 Å². The SMILES string of the molecule is CC(C)OCC(=O)NC1(CN)CCCCC1C. The highest BCUT2D eigenvalue weighted by Crippen LogP contribution is 2.32. The lowest BCUT2D eigenvalue weighted by Gasteiger charge is -2.42. The summed E-state index contributed by atoms with van der Waals surface area (Å²) in [5.74, 6) is 0.405. The van der Waals surface area contributed by atoms with Gasteiger partial charge < -0.3 is 15.8 Å². The van der Waals surface area contributed by atoms with Crippen LogP contribution in [0.1, 0.15) is 46.5 Å². The van der Waals surface area contributed by atoms with Gasteiger partial charge in [0, 0.05) is 6.54 Å². The van der Waals surface area contributed by atoms with Crippen molar-refractivity contribution in [1.29, 1.82) is 0 Å². The summed E-state index contributed by atoms with van der Waals surface area (Å²) in [7, 11) is 0. The number of nitrogens with two attached hydrogens (primary N) is 1. The summed E-state index contributed by atoms with van der Waals surface area (Å²) in [6, 6.07) is 0. The molecule has 2 unspecified atom stereocenters. The van der Waals surface area contributed by atoms with Crippen LogP contribution in [0, 0.1) is 5.92 Å². The van der Waals surface area contributed by atoms with Crippen molar-refractivity contribution in [3.63, 3.8) is 0 Å². The van der Waals surface area contributed by atoms with Crippen LogP contribution in [-0.4, -0.2) is 30.7 Å². The van der Waals surface area contributed by atoms with Crippen LogP contribution in [0.25, 0.3) is 0 Å². The van der Waals surface area contributed by atoms with E-state index >= 15 is 0 Å². The van der Waals surface area contributed by atoms with Crippen LogP contribution in [0.5, 0.6) is 0 Å². The Hall–Kier alpha value is -0.610. The largest absolute Gasteiger partial charge is 0.369 e. The van der Waals surface area contributed by atoms with Gasteiger partial charge in [0.1, 0.15) is 6.61 Å². The highest BCUT2D eigenvalue weighted by molar-refractivity contribution is 5.78. The van der Waals surface area contributed by atoms with Crippen molar-refractivity contribution in [2.75, 3.05) is 13.2 Å². The lowest BCUT2D eigenvalue weighted by Crippen LogP contribution is -2.59. The molecule has 0 aromatic heterocycles. The highest BCUT2D eigenvalue weighted by atomic mass is 16.5. The third-order valence-electron chi connectivity index (χ3n) is 3.75. The van der Waals surface area contributed by atoms with Gasteiger partial charge in [-0.25, -0.2) is 0 Å². The highest BCUT2D eigenvalue weighted by Gasteiger charge is 2.38. The van der Waals surface area contributed by atoms with Gasteiger partial charge in [-0.15, -0.1) is 0 Å². The number of rotatable bonds is 5. The lowest BCUT2D eigenvalue weighted by atomic mass is 9.73. The molecule has 0 bridgehead atoms. The quantitative estimate of drug-likeness (QED) is 0.766. The molecule has 4 nitrogen and oxygen atoms in total. The Balaban J connectivity index is 2.52. The fourth-order valence-electron chi connectivity index (χ4n) is 2.51. The molecule has 0 aliphatic heterocycles. The van der Waals surface area contributed by atoms with E-state index in [0.29, 0.717) is 12.5 Å². The lowest BCUT2D eigenvalue weighted by molar-refractivity contribution is -0.130. The summed E-state index contributed by atoms with van der Waals surface area (Å²) in [4.78, 5) is 11.8. The number of carbonyl (C=O) groups is 1. The van der Waals surface area contributed by atoms with Crippen molar-refractivity contribution in [2.45, 2.75) is 58.1 Å². The van der Waals surface area contributed by atoms with E-state index in [9.17, 15) is 4.79 Å². The van der Waals surface area contributed by atoms with Crippen molar-refractivity contribution in [1.82, 2.24) is 5.32 Å². The second-order valence-electron chi connectivity index (χ2n) is 5.42. The fraction of sp³-hybridized carbons (Fsp3) is 0.923. The second-order valence-corrected chi connectivity index (χ2v) is 5.42. The molecule has 0 heterocycles. The smallest absolute Gasteiger partial charge is 0.246 e. The van der Waals surface area contributed by atoms with Gasteiger partial charge >= 0.3 is 0 Å². The summed E-state index contributed by atoms with van der Waals surface area (Å²) < 4.78 is 5.32. The number of ether oxygens (including phenoxy) is 1. The molecule has 1 aliphatic rings. The van der Waals surface area contributed by atoms with Gasteiger partial charge in [0.15, 0.2) is 0 Å². The Labute approximate surface area is 104 Å². The first-order valence-corrected chi connectivity index (χ1v) is 6.63. The van der Waals surface area contributed by atoms with Crippen LogP contribution in [-0.2, 0) is 9.53 Å². The fourth-order valence-corrected chi connectivity index (χ4v) is 2.51. The molecule has 1 saturated carbocycles. The minimum absolute atomic E-state index is 0.0436. The van der Waals surface area contributed by atoms with Gasteiger partial charge in [0.05, 0.1) is 11.6 Å². The first-order chi connectivity index (χ1) is 8.00. The number of carbonyl (C=O) groups excluding carboxylic acids is 1. The number of hydrogen-bond donors (Lipinski definition) is 2. The molecule has 1 fully saturated rings. The van der Waals surface area contributed by atoms with Crippen molar-refractivity contribution in [3.8, 4) is 0 Å². The molecular weight excluding hydrogens is 216 g/mol. The summed E-state index contributed by atoms with van der Waals surface area (Å²) in [5.41, 5.74) is 5.66. The molecule has 0 aromatic rings. The van der Waals surface area contributed by atoms with E-state index in [0.717, 1.165) is 19.3 Å². The second kappa shape index (κ2) is 6.36. The van der Waals surface area contributed by atoms with Gasteiger partial charge in [0.25, 0.3) is 0 Å². The van der Waals surface area contributed by atoms with Gasteiger partial charge in [-0.2, -0.15) is 0 Å². The monoisotopic (exact) mass is 242 g/mol. The molecule has 0 radical (unpaired) electrons. The van der Waals surface area contributed by atoms with Crippen LogP contribution < -0.4 is 11.1 Å². The van der Waals surface area contributed by atoms with E-state index < -0.39 is 0 Å². The molecule has 100 valence electrons. The standard InChI is InChI=1S/C13H26N2O2/c1-10(2)17-8-12(16)15-13(9-14)7-5-4-6-11(13)3/h10-11H,4-9,14H2,1-3H3,(H,15,16). The first-order valence-electron chi connectivity index (χ1n) is 6.63. The average molecular weight is 242 g/mol. The van der Waals surface area contributed by atoms with E-state index in [1.807, 2.05) is 13.8 Å². The molecule has 0 aromatic carbocycles. The minimum atomic E-state index is -0.213. The Morgan fingerprint density at radius 2 is 2.24 bits per heavy atom. The third kappa shape index (κ3) is 3.96. The molecule has 17 heavy (non-hydrogen) atoms. The van der Waals surface area contributed by atoms with Crippen molar-refractivity contribution >= 4 is 5.91 Å². The summed E-state index contributed by atoms with van der Waals surface area (Å²) >= 11 is 0. The average Bonchev–Trinajstić information content (AvgIpc) is 2.30. The van der Waals surface area contributed by atoms with Crippen LogP contribution in [0.4, 0.5) is 0 Å². The maximum absolute atomic E-state index is 11.8. The topological polar surface area (TPSA) is 64.3 Å². The van der Waals surface area contributed by atoms with Crippen LogP contribution in [0.15, 0.2) is 0 Å². The Morgan fingerprint density at radius 3 is 2.76 bits per heavy atom. The summed E-state index contributed by atoms with van der Waals surface area (Å²) in [6.45, 7) is 6.67. The molecule has 4 heteroatoms. The molecular formula is C13H26N2O2. The third-order valence-corrected chi connectivity index (χ3v) is 3.75. The van der Waals surface area contributed by atoms with Gasteiger partial charge in [-0.1, -0.05) is 19.8 Å². The van der Waals surface area contributed by atoms with Crippen LogP contribution in [0.2, 0.25) is 0 Å². The first kappa shape index (κ1) is 14.5. The van der Waals surface area contributed by atoms with E-state index in [2.05, 4.69) is 12.2 Å². The van der Waals surface area contributed by atoms with E-state index in [1.165, 1.54) is 6.42 Å². The molecule has 1 amide bonds. The minimum Gasteiger partial charge on any atom is -0.369 e. The van der Waals surface area contributed by atoms with Gasteiger partial charge in [0.2, 0.25) is 5.91 Å². The van der Waals surface area contributed by atoms with Gasteiger partial charge in [-0.05, 0) is 32.6 Å². The maximum atomic E-state index is 11.8. The number of amides is 1. The van der Waals surface area contributed by atoms with Crippen molar-refractivity contribution in [3.05, 3.63) is 0 Å². The summed E-state index contributed by atoms with van der Waals surface area (Å²) in [5, 5.41) is 3.10. The predicted octanol–water partition coefficient (Wildman–Crippen LogP) is 1.44. The van der Waals surface area contributed by atoms with E-state index in [1.54, 1.807) is 0 Å². The van der Waals surface area contributed by atoms with Crippen LogP contribution >= 0.6 is 0 Å². The zero-order valence-electron chi connectivity index (χ0n) is 11.3. The molecule has 2 atom stereocenters. The zero-order chi connectivity index (χ0) is 12.9. The van der Waals surface area contributed by atoms with Crippen molar-refractivity contribution in [2.24, 2.45) is 11.7 Å². The Kier molecular flexibility index (Phi) is 5.40. The van der Waals surface area contributed by atoms with Crippen molar-refractivity contribution < 1.29 is 9.53 Å². The van der Waals surface area contributed by atoms with Crippen LogP contribution in [0.3, 0.4) is 0 Å². The molecule has 1 aliphatic carbocycles. The predicted molar refractivity (Wildman–Crippen MR) is 68.6 cm³/mol. The number of nitrogens with one attached hydrogen (secondary N) is 1. The maximum Gasteiger partial charge on any atom is 0.246 e. The Bertz CT molecular complexity index is 256. The van der Waals surface area contributed by atoms with E-state index in [-0.39, 0.29) is 24.2 Å².